The highest BCUT2D eigenvalue weighted by molar-refractivity contribution is 7.92. The Hall–Kier alpha value is -4.14. The van der Waals surface area contributed by atoms with E-state index in [1.165, 1.54) is 4.90 Å². The summed E-state index contributed by atoms with van der Waals surface area (Å²) in [7, 11) is -4.16. The summed E-state index contributed by atoms with van der Waals surface area (Å²) in [5.74, 6) is -0.753. The maximum Gasteiger partial charge on any atom is 0.264 e. The number of sulfonamides is 1. The average molecular weight is 658 g/mol. The molecule has 5 rings (SSSR count). The van der Waals surface area contributed by atoms with Crippen LogP contribution in [0.25, 0.3) is 0 Å². The highest BCUT2D eigenvalue weighted by atomic mass is 35.5. The Morgan fingerprint density at radius 3 is 2.17 bits per heavy atom. The topological polar surface area (TPSA) is 86.8 Å². The van der Waals surface area contributed by atoms with Gasteiger partial charge < -0.3 is 10.2 Å². The van der Waals surface area contributed by atoms with Crippen molar-refractivity contribution in [3.63, 3.8) is 0 Å². The molecule has 0 aliphatic heterocycles. The molecule has 0 aromatic heterocycles. The second kappa shape index (κ2) is 15.0. The highest BCUT2D eigenvalue weighted by Crippen LogP contribution is 2.28. The first kappa shape index (κ1) is 33.2. The Morgan fingerprint density at radius 2 is 1.50 bits per heavy atom. The molecular formula is C37H40ClN3O4S. The van der Waals surface area contributed by atoms with Gasteiger partial charge in [0, 0.05) is 24.0 Å². The number of benzene rings is 4. The van der Waals surface area contributed by atoms with Crippen LogP contribution >= 0.6 is 11.6 Å². The van der Waals surface area contributed by atoms with Crippen LogP contribution in [0.2, 0.25) is 5.02 Å². The molecule has 0 heterocycles. The van der Waals surface area contributed by atoms with Crippen LogP contribution in [0.15, 0.2) is 108 Å². The first-order chi connectivity index (χ1) is 22.1. The Bertz CT molecular complexity index is 1760. The lowest BCUT2D eigenvalue weighted by molar-refractivity contribution is -0.140. The second-order valence-corrected chi connectivity index (χ2v) is 14.3. The van der Waals surface area contributed by atoms with Crippen molar-refractivity contribution < 1.29 is 18.0 Å². The molecule has 1 aliphatic rings. The zero-order valence-corrected chi connectivity index (χ0v) is 27.8. The van der Waals surface area contributed by atoms with Gasteiger partial charge in [0.2, 0.25) is 11.8 Å². The molecule has 2 amide bonds. The molecule has 0 spiro atoms. The number of hydrogen-bond acceptors (Lipinski definition) is 4. The van der Waals surface area contributed by atoms with Crippen LogP contribution in [0, 0.1) is 13.8 Å². The van der Waals surface area contributed by atoms with Gasteiger partial charge in [-0.15, -0.1) is 0 Å². The molecule has 7 nitrogen and oxygen atoms in total. The first-order valence-corrected chi connectivity index (χ1v) is 17.5. The molecule has 1 aliphatic carbocycles. The van der Waals surface area contributed by atoms with Crippen molar-refractivity contribution in [3.05, 3.63) is 130 Å². The second-order valence-electron chi connectivity index (χ2n) is 12.0. The molecule has 240 valence electrons. The monoisotopic (exact) mass is 657 g/mol. The number of hydrogen-bond donors (Lipinski definition) is 1. The largest absolute Gasteiger partial charge is 0.352 e. The minimum atomic E-state index is -4.16. The number of aryl methyl sites for hydroxylation is 2. The van der Waals surface area contributed by atoms with Crippen LogP contribution in [0.5, 0.6) is 0 Å². The molecule has 0 saturated heterocycles. The van der Waals surface area contributed by atoms with Crippen LogP contribution in [0.3, 0.4) is 0 Å². The van der Waals surface area contributed by atoms with Gasteiger partial charge in [0.05, 0.1) is 10.6 Å². The normalized spacial score (nSPS) is 14.1. The Morgan fingerprint density at radius 1 is 0.848 bits per heavy atom. The predicted octanol–water partition coefficient (Wildman–Crippen LogP) is 6.85. The predicted molar refractivity (Wildman–Crippen MR) is 183 cm³/mol. The molecule has 0 unspecified atom stereocenters. The van der Waals surface area contributed by atoms with E-state index in [1.54, 1.807) is 54.6 Å². The van der Waals surface area contributed by atoms with Gasteiger partial charge in [0.1, 0.15) is 12.6 Å². The number of anilines is 1. The maximum absolute atomic E-state index is 14.6. The summed E-state index contributed by atoms with van der Waals surface area (Å²) in [5, 5.41) is 3.70. The fourth-order valence-electron chi connectivity index (χ4n) is 5.95. The molecule has 1 saturated carbocycles. The fraction of sp³-hybridized carbons (Fsp3) is 0.297. The summed E-state index contributed by atoms with van der Waals surface area (Å²) >= 11 is 6.34. The number of rotatable bonds is 12. The lowest BCUT2D eigenvalue weighted by Gasteiger charge is -2.34. The van der Waals surface area contributed by atoms with Crippen LogP contribution in [0.1, 0.15) is 47.9 Å². The number of carbonyl (C=O) groups is 2. The molecule has 1 atom stereocenters. The standard InChI is InChI=1S/C37H40ClN3O4S/c1-27-19-21-33(22-20-27)46(44,45)41(34-18-9-6-11-28(34)2)26-36(42)40(25-30-14-10-15-31(38)23-30)35(24-29-12-4-3-5-13-29)37(43)39-32-16-7-8-17-32/h3-6,9-15,18-23,32,35H,7-8,16-17,24-26H2,1-2H3,(H,39,43)/t35-/m0/s1. The molecular weight excluding hydrogens is 618 g/mol. The van der Waals surface area contributed by atoms with Gasteiger partial charge in [0.15, 0.2) is 0 Å². The van der Waals surface area contributed by atoms with E-state index in [4.69, 9.17) is 11.6 Å². The van der Waals surface area contributed by atoms with Gasteiger partial charge in [0.25, 0.3) is 10.0 Å². The van der Waals surface area contributed by atoms with Crippen LogP contribution in [-0.2, 0) is 32.6 Å². The summed E-state index contributed by atoms with van der Waals surface area (Å²) in [5.41, 5.74) is 3.64. The Kier molecular flexibility index (Phi) is 10.8. The molecule has 1 N–H and O–H groups in total. The summed E-state index contributed by atoms with van der Waals surface area (Å²) in [6.07, 6.45) is 4.13. The van der Waals surface area contributed by atoms with Crippen molar-refractivity contribution in [1.82, 2.24) is 10.2 Å². The van der Waals surface area contributed by atoms with Gasteiger partial charge in [-0.05, 0) is 73.7 Å². The van der Waals surface area contributed by atoms with E-state index in [9.17, 15) is 18.0 Å². The zero-order valence-electron chi connectivity index (χ0n) is 26.2. The van der Waals surface area contributed by atoms with Crippen LogP contribution < -0.4 is 9.62 Å². The number of halogens is 1. The zero-order chi connectivity index (χ0) is 32.7. The summed E-state index contributed by atoms with van der Waals surface area (Å²) in [6, 6.07) is 29.5. The number of nitrogens with zero attached hydrogens (tertiary/aromatic N) is 2. The van der Waals surface area contributed by atoms with Gasteiger partial charge in [-0.25, -0.2) is 8.42 Å². The lowest BCUT2D eigenvalue weighted by Crippen LogP contribution is -2.54. The third-order valence-corrected chi connectivity index (χ3v) is 10.5. The van der Waals surface area contributed by atoms with Crippen molar-refractivity contribution >= 4 is 39.1 Å². The van der Waals surface area contributed by atoms with Gasteiger partial charge in [-0.3, -0.25) is 13.9 Å². The number of para-hydroxylation sites is 1. The minimum Gasteiger partial charge on any atom is -0.352 e. The van der Waals surface area contributed by atoms with E-state index in [2.05, 4.69) is 5.32 Å². The van der Waals surface area contributed by atoms with Crippen molar-refractivity contribution in [3.8, 4) is 0 Å². The highest BCUT2D eigenvalue weighted by Gasteiger charge is 2.36. The molecule has 1 fully saturated rings. The van der Waals surface area contributed by atoms with E-state index in [0.29, 0.717) is 16.3 Å². The van der Waals surface area contributed by atoms with Crippen molar-refractivity contribution in [2.24, 2.45) is 0 Å². The van der Waals surface area contributed by atoms with Gasteiger partial charge in [-0.2, -0.15) is 0 Å². The Labute approximate surface area is 277 Å². The molecule has 46 heavy (non-hydrogen) atoms. The molecule has 0 bridgehead atoms. The summed E-state index contributed by atoms with van der Waals surface area (Å²) in [4.78, 5) is 30.3. The lowest BCUT2D eigenvalue weighted by atomic mass is 10.0. The van der Waals surface area contributed by atoms with Gasteiger partial charge >= 0.3 is 0 Å². The molecule has 4 aromatic rings. The first-order valence-electron chi connectivity index (χ1n) is 15.6. The summed E-state index contributed by atoms with van der Waals surface area (Å²) in [6.45, 7) is 3.27. The smallest absolute Gasteiger partial charge is 0.264 e. The fourth-order valence-corrected chi connectivity index (χ4v) is 7.64. The Balaban J connectivity index is 1.57. The van der Waals surface area contributed by atoms with E-state index in [1.807, 2.05) is 62.4 Å². The molecule has 9 heteroatoms. The van der Waals surface area contributed by atoms with E-state index in [-0.39, 0.29) is 29.8 Å². The molecule has 0 radical (unpaired) electrons. The molecule has 4 aromatic carbocycles. The quantitative estimate of drug-likeness (QED) is 0.181. The summed E-state index contributed by atoms with van der Waals surface area (Å²) < 4.78 is 29.6. The third-order valence-electron chi connectivity index (χ3n) is 8.49. The van der Waals surface area contributed by atoms with Crippen LogP contribution in [-0.4, -0.2) is 43.8 Å². The van der Waals surface area contributed by atoms with Crippen molar-refractivity contribution in [2.45, 2.75) is 69.5 Å². The third kappa shape index (κ3) is 8.17. The van der Waals surface area contributed by atoms with E-state index < -0.39 is 28.5 Å². The van der Waals surface area contributed by atoms with E-state index >= 15 is 0 Å². The average Bonchev–Trinajstić information content (AvgIpc) is 3.55. The number of amides is 2. The maximum atomic E-state index is 14.6. The SMILES string of the molecule is Cc1ccc(S(=O)(=O)N(CC(=O)N(Cc2cccc(Cl)c2)[C@@H](Cc2ccccc2)C(=O)NC2CCCC2)c2ccccc2C)cc1. The number of nitrogens with one attached hydrogen (secondary N) is 1. The number of carbonyl (C=O) groups excluding carboxylic acids is 2. The van der Waals surface area contributed by atoms with E-state index in [0.717, 1.165) is 46.7 Å². The van der Waals surface area contributed by atoms with Crippen molar-refractivity contribution in [1.29, 1.82) is 0 Å². The van der Waals surface area contributed by atoms with Crippen LogP contribution in [0.4, 0.5) is 5.69 Å². The van der Waals surface area contributed by atoms with Crippen molar-refractivity contribution in [2.75, 3.05) is 10.8 Å². The van der Waals surface area contributed by atoms with Gasteiger partial charge in [-0.1, -0.05) is 103 Å². The minimum absolute atomic E-state index is 0.0410.